The Morgan fingerprint density at radius 2 is 2.16 bits per heavy atom. The lowest BCUT2D eigenvalue weighted by Crippen LogP contribution is -2.08. The van der Waals surface area contributed by atoms with E-state index in [-0.39, 0.29) is 5.92 Å². The number of halogens is 1. The van der Waals surface area contributed by atoms with Crippen molar-refractivity contribution >= 4 is 17.2 Å². The second kappa shape index (κ2) is 7.85. The number of allylic oxidation sites excluding steroid dienone is 1. The summed E-state index contributed by atoms with van der Waals surface area (Å²) in [6.45, 7) is 8.24. The molecule has 7 heteroatoms. The summed E-state index contributed by atoms with van der Waals surface area (Å²) in [4.78, 5) is 9.04. The lowest BCUT2D eigenvalue weighted by molar-refractivity contribution is 0.252. The summed E-state index contributed by atoms with van der Waals surface area (Å²) in [6.07, 6.45) is 3.56. The quantitative estimate of drug-likeness (QED) is 0.356. The van der Waals surface area contributed by atoms with Gasteiger partial charge in [-0.05, 0) is 74.4 Å². The molecule has 3 heterocycles. The molecule has 0 bridgehead atoms. The van der Waals surface area contributed by atoms with Crippen LogP contribution in [0.1, 0.15) is 33.1 Å². The molecule has 6 nitrogen and oxygen atoms in total. The third-order valence-corrected chi connectivity index (χ3v) is 5.65. The van der Waals surface area contributed by atoms with Gasteiger partial charge in [-0.3, -0.25) is 0 Å². The van der Waals surface area contributed by atoms with E-state index in [0.29, 0.717) is 53.1 Å². The minimum absolute atomic E-state index is 0.133. The van der Waals surface area contributed by atoms with Gasteiger partial charge in [0.05, 0.1) is 11.6 Å². The van der Waals surface area contributed by atoms with E-state index in [1.54, 1.807) is 0 Å². The first-order chi connectivity index (χ1) is 15.7. The second-order valence-electron chi connectivity index (χ2n) is 7.99. The number of imidazole rings is 1. The van der Waals surface area contributed by atoms with Gasteiger partial charge in [-0.15, -0.1) is 0 Å². The number of hydrogen-bond donors (Lipinski definition) is 0. The van der Waals surface area contributed by atoms with Gasteiger partial charge in [-0.25, -0.2) is 4.98 Å². The second-order valence-corrected chi connectivity index (χ2v) is 8.40. The van der Waals surface area contributed by atoms with Gasteiger partial charge in [-0.1, -0.05) is 28.9 Å². The largest absolute Gasteiger partial charge is 0.493 e. The van der Waals surface area contributed by atoms with Crippen molar-refractivity contribution < 1.29 is 12.0 Å². The maximum absolute atomic E-state index is 7.96. The first-order valence-electron chi connectivity index (χ1n) is 11.1. The SMILES string of the molecule is [2H]C1([2H])C[C@@H](COc2ccc(-c3noc(-c4cn5cc(C)cc(Cl)c5n4)n3)cc2C)CC1=C. The fourth-order valence-corrected chi connectivity index (χ4v) is 4.11. The first kappa shape index (κ1) is 17.5. The third kappa shape index (κ3) is 3.95. The lowest BCUT2D eigenvalue weighted by atomic mass is 10.1. The number of aryl methyl sites for hydroxylation is 2. The van der Waals surface area contributed by atoms with Gasteiger partial charge in [0, 0.05) is 20.7 Å². The number of hydrogen-bond acceptors (Lipinski definition) is 5. The highest BCUT2D eigenvalue weighted by molar-refractivity contribution is 6.33. The van der Waals surface area contributed by atoms with Gasteiger partial charge in [0.15, 0.2) is 5.65 Å². The van der Waals surface area contributed by atoms with E-state index in [1.165, 1.54) is 0 Å². The highest BCUT2D eigenvalue weighted by Crippen LogP contribution is 2.31. The summed E-state index contributed by atoms with van der Waals surface area (Å²) < 4.78 is 29.2. The van der Waals surface area contributed by atoms with Gasteiger partial charge in [0.25, 0.3) is 5.89 Å². The molecule has 0 N–H and O–H groups in total. The number of ether oxygens (including phenoxy) is 1. The number of benzene rings is 1. The highest BCUT2D eigenvalue weighted by atomic mass is 35.5. The molecule has 3 aromatic heterocycles. The van der Waals surface area contributed by atoms with E-state index in [1.807, 2.05) is 54.9 Å². The number of fused-ring (bicyclic) bond motifs is 1. The third-order valence-electron chi connectivity index (χ3n) is 5.37. The molecule has 0 unspecified atom stereocenters. The van der Waals surface area contributed by atoms with Crippen LogP contribution in [-0.2, 0) is 0 Å². The Hall–Kier alpha value is -3.12. The normalized spacial score (nSPS) is 18.9. The molecule has 158 valence electrons. The molecule has 0 spiro atoms. The molecule has 1 aliphatic carbocycles. The minimum atomic E-state index is -1.30. The smallest absolute Gasteiger partial charge is 0.278 e. The Kier molecular flexibility index (Phi) is 4.45. The van der Waals surface area contributed by atoms with E-state index >= 15 is 0 Å². The van der Waals surface area contributed by atoms with Gasteiger partial charge in [0.1, 0.15) is 11.4 Å². The van der Waals surface area contributed by atoms with Crippen molar-refractivity contribution in [1.29, 1.82) is 0 Å². The average molecular weight is 437 g/mol. The van der Waals surface area contributed by atoms with Gasteiger partial charge < -0.3 is 13.7 Å². The molecular weight excluding hydrogens is 412 g/mol. The monoisotopic (exact) mass is 436 g/mol. The number of rotatable bonds is 5. The molecule has 1 atom stereocenters. The maximum Gasteiger partial charge on any atom is 0.278 e. The van der Waals surface area contributed by atoms with Crippen molar-refractivity contribution in [1.82, 2.24) is 19.5 Å². The van der Waals surface area contributed by atoms with Gasteiger partial charge >= 0.3 is 0 Å². The highest BCUT2D eigenvalue weighted by Gasteiger charge is 2.19. The number of nitrogens with zero attached hydrogens (tertiary/aromatic N) is 4. The van der Waals surface area contributed by atoms with Crippen LogP contribution in [0.5, 0.6) is 5.75 Å². The van der Waals surface area contributed by atoms with Crippen LogP contribution < -0.4 is 4.74 Å². The summed E-state index contributed by atoms with van der Waals surface area (Å²) in [6, 6.07) is 7.57. The molecule has 1 aliphatic rings. The Morgan fingerprint density at radius 3 is 2.94 bits per heavy atom. The van der Waals surface area contributed by atoms with Crippen LogP contribution in [0, 0.1) is 19.8 Å². The Morgan fingerprint density at radius 1 is 1.29 bits per heavy atom. The fourth-order valence-electron chi connectivity index (χ4n) is 3.80. The van der Waals surface area contributed by atoms with Crippen LogP contribution in [0.3, 0.4) is 0 Å². The van der Waals surface area contributed by atoms with Crippen LogP contribution in [0.2, 0.25) is 5.02 Å². The van der Waals surface area contributed by atoms with Crippen molar-refractivity contribution in [2.45, 2.75) is 33.1 Å². The van der Waals surface area contributed by atoms with Crippen molar-refractivity contribution in [3.05, 3.63) is 65.0 Å². The topological polar surface area (TPSA) is 65.5 Å². The fraction of sp³-hybridized carbons (Fsp3) is 0.292. The van der Waals surface area contributed by atoms with Crippen LogP contribution in [0.4, 0.5) is 0 Å². The molecule has 1 fully saturated rings. The Bertz CT molecular complexity index is 1380. The molecule has 0 amide bonds. The molecule has 4 aromatic rings. The maximum atomic E-state index is 7.96. The molecule has 0 radical (unpaired) electrons. The summed E-state index contributed by atoms with van der Waals surface area (Å²) in [5.74, 6) is 1.66. The number of pyridine rings is 1. The van der Waals surface area contributed by atoms with Crippen LogP contribution in [0.25, 0.3) is 28.6 Å². The van der Waals surface area contributed by atoms with Crippen LogP contribution >= 0.6 is 11.6 Å². The van der Waals surface area contributed by atoms with Gasteiger partial charge in [-0.2, -0.15) is 4.98 Å². The molecule has 0 aliphatic heterocycles. The molecule has 1 saturated carbocycles. The predicted molar refractivity (Wildman–Crippen MR) is 120 cm³/mol. The standard InChI is InChI=1S/C24H23ClN4O2/c1-14-4-5-17(8-14)13-30-21-7-6-18(10-16(21)3)22-27-24(31-28-22)20-12-29-11-15(2)9-19(25)23(29)26-20/h6-7,9-12,17H,1,4-5,8,13H2,2-3H3/t17-/m1/s1/i4D2. The van der Waals surface area contributed by atoms with Crippen molar-refractivity contribution in [2.75, 3.05) is 6.61 Å². The van der Waals surface area contributed by atoms with E-state index in [0.717, 1.165) is 22.4 Å². The molecular formula is C24H23ClN4O2. The molecule has 1 aromatic carbocycles. The molecule has 5 rings (SSSR count). The van der Waals surface area contributed by atoms with E-state index in [2.05, 4.69) is 21.7 Å². The summed E-state index contributed by atoms with van der Waals surface area (Å²) >= 11 is 6.30. The van der Waals surface area contributed by atoms with Crippen LogP contribution in [0.15, 0.2) is 53.3 Å². The number of aromatic nitrogens is 4. The minimum Gasteiger partial charge on any atom is -0.493 e. The zero-order chi connectivity index (χ0) is 23.3. The Labute approximate surface area is 188 Å². The average Bonchev–Trinajstić information content (AvgIpc) is 3.44. The van der Waals surface area contributed by atoms with E-state index in [4.69, 9.17) is 23.6 Å². The zero-order valence-electron chi connectivity index (χ0n) is 19.4. The first-order valence-corrected chi connectivity index (χ1v) is 10.5. The lowest BCUT2D eigenvalue weighted by Gasteiger charge is -2.13. The molecule has 0 saturated heterocycles. The van der Waals surface area contributed by atoms with Gasteiger partial charge in [0.2, 0.25) is 5.82 Å². The van der Waals surface area contributed by atoms with Crippen molar-refractivity contribution in [3.63, 3.8) is 0 Å². The summed E-state index contributed by atoms with van der Waals surface area (Å²) in [5, 5.41) is 4.68. The van der Waals surface area contributed by atoms with Crippen molar-refractivity contribution in [2.24, 2.45) is 5.92 Å². The predicted octanol–water partition coefficient (Wildman–Crippen LogP) is 6.06. The molecule has 31 heavy (non-hydrogen) atoms. The summed E-state index contributed by atoms with van der Waals surface area (Å²) in [7, 11) is 0. The van der Waals surface area contributed by atoms with Crippen LogP contribution in [-0.4, -0.2) is 26.1 Å². The Balaban J connectivity index is 1.32. The zero-order valence-corrected chi connectivity index (χ0v) is 18.1. The summed E-state index contributed by atoms with van der Waals surface area (Å²) in [5.41, 5.74) is 4.60. The van der Waals surface area contributed by atoms with Crippen molar-refractivity contribution in [3.8, 4) is 28.7 Å². The van der Waals surface area contributed by atoms with E-state index < -0.39 is 6.37 Å². The van der Waals surface area contributed by atoms with E-state index in [9.17, 15) is 0 Å².